The van der Waals surface area contributed by atoms with Gasteiger partial charge in [0.2, 0.25) is 5.91 Å². The van der Waals surface area contributed by atoms with E-state index < -0.39 is 17.7 Å². The molecule has 3 amide bonds. The highest BCUT2D eigenvalue weighted by molar-refractivity contribution is 5.81. The minimum absolute atomic E-state index is 0.0116. The largest absolute Gasteiger partial charge is 0.353 e. The van der Waals surface area contributed by atoms with E-state index in [1.165, 1.54) is 6.07 Å². The lowest BCUT2D eigenvalue weighted by Gasteiger charge is -2.49. The number of halogens is 2. The fourth-order valence-electron chi connectivity index (χ4n) is 8.10. The molecule has 4 aliphatic rings. The van der Waals surface area contributed by atoms with E-state index >= 15 is 4.39 Å². The number of nitrogens with zero attached hydrogens (tertiary/aromatic N) is 4. The normalized spacial score (nSPS) is 24.3. The maximum atomic E-state index is 15.2. The number of urea groups is 1. The van der Waals surface area contributed by atoms with Gasteiger partial charge in [-0.1, -0.05) is 43.2 Å². The van der Waals surface area contributed by atoms with Gasteiger partial charge in [0.25, 0.3) is 5.56 Å². The van der Waals surface area contributed by atoms with Crippen molar-refractivity contribution in [2.75, 3.05) is 19.6 Å². The number of benzene rings is 2. The van der Waals surface area contributed by atoms with Crippen LogP contribution < -0.4 is 10.9 Å². The molecule has 0 radical (unpaired) electrons. The van der Waals surface area contributed by atoms with Crippen LogP contribution in [0.5, 0.6) is 0 Å². The van der Waals surface area contributed by atoms with Gasteiger partial charge in [-0.2, -0.15) is 0 Å². The molecule has 0 unspecified atom stereocenters. The van der Waals surface area contributed by atoms with Crippen molar-refractivity contribution in [2.45, 2.75) is 76.4 Å². The van der Waals surface area contributed by atoms with Crippen molar-refractivity contribution in [3.8, 4) is 11.3 Å². The first-order valence-electron chi connectivity index (χ1n) is 16.7. The molecule has 1 spiro atoms. The summed E-state index contributed by atoms with van der Waals surface area (Å²) in [5.41, 5.74) is 1.49. The summed E-state index contributed by atoms with van der Waals surface area (Å²) in [4.78, 5) is 48.2. The van der Waals surface area contributed by atoms with Crippen LogP contribution in [-0.4, -0.2) is 57.0 Å². The smallest absolute Gasteiger partial charge is 0.320 e. The van der Waals surface area contributed by atoms with Crippen LogP contribution in [0.3, 0.4) is 0 Å². The van der Waals surface area contributed by atoms with Crippen LogP contribution in [0.25, 0.3) is 11.3 Å². The fourth-order valence-corrected chi connectivity index (χ4v) is 8.10. The maximum Gasteiger partial charge on any atom is 0.320 e. The molecule has 1 aromatic heterocycles. The number of carbonyl (C=O) groups excluding carboxylic acids is 2. The molecule has 10 heteroatoms. The first-order chi connectivity index (χ1) is 22.3. The first-order valence-corrected chi connectivity index (χ1v) is 16.7. The zero-order valence-corrected chi connectivity index (χ0v) is 26.0. The number of hydrogen-bond donors (Lipinski definition) is 1. The molecule has 2 saturated carbocycles. The van der Waals surface area contributed by atoms with Crippen LogP contribution in [0.4, 0.5) is 13.6 Å². The number of piperidine rings is 2. The van der Waals surface area contributed by atoms with E-state index in [0.29, 0.717) is 44.7 Å². The van der Waals surface area contributed by atoms with Crippen molar-refractivity contribution < 1.29 is 18.4 Å². The minimum Gasteiger partial charge on any atom is -0.353 e. The lowest BCUT2D eigenvalue weighted by atomic mass is 9.69. The van der Waals surface area contributed by atoms with Gasteiger partial charge in [0.05, 0.1) is 18.1 Å². The van der Waals surface area contributed by atoms with Gasteiger partial charge in [-0.05, 0) is 74.5 Å². The van der Waals surface area contributed by atoms with Gasteiger partial charge in [-0.25, -0.2) is 18.6 Å². The SMILES string of the molecule is O=C(N[C@@H]1CCN(C(=O)N2CC[C@@H](Cn3cnc(-c4ccccc4)cc3=O)C3(CCCC3)C2)[C@H](c2cc(F)ccc2F)C1)C1CC1. The Morgan fingerprint density at radius 3 is 2.48 bits per heavy atom. The van der Waals surface area contributed by atoms with E-state index in [-0.39, 0.29) is 46.4 Å². The molecule has 242 valence electrons. The predicted octanol–water partition coefficient (Wildman–Crippen LogP) is 5.92. The molecule has 1 N–H and O–H groups in total. The van der Waals surface area contributed by atoms with Gasteiger partial charge in [0.1, 0.15) is 11.6 Å². The molecule has 4 fully saturated rings. The monoisotopic (exact) mass is 629 g/mol. The summed E-state index contributed by atoms with van der Waals surface area (Å²) < 4.78 is 31.3. The molecule has 2 aromatic carbocycles. The molecule has 0 bridgehead atoms. The van der Waals surface area contributed by atoms with E-state index in [1.807, 2.05) is 35.2 Å². The van der Waals surface area contributed by atoms with Crippen molar-refractivity contribution in [2.24, 2.45) is 17.3 Å². The molecule has 2 aliphatic heterocycles. The summed E-state index contributed by atoms with van der Waals surface area (Å²) >= 11 is 0. The average Bonchev–Trinajstić information content (AvgIpc) is 3.83. The molecule has 3 atom stereocenters. The van der Waals surface area contributed by atoms with Gasteiger partial charge >= 0.3 is 6.03 Å². The molecule has 46 heavy (non-hydrogen) atoms. The molecule has 3 heterocycles. The van der Waals surface area contributed by atoms with Crippen molar-refractivity contribution in [1.29, 1.82) is 0 Å². The molecular weight excluding hydrogens is 588 g/mol. The first kappa shape index (κ1) is 30.6. The lowest BCUT2D eigenvalue weighted by molar-refractivity contribution is -0.123. The Kier molecular flexibility index (Phi) is 8.38. The highest BCUT2D eigenvalue weighted by Crippen LogP contribution is 2.49. The number of carbonyl (C=O) groups is 2. The summed E-state index contributed by atoms with van der Waals surface area (Å²) in [5, 5.41) is 3.10. The number of nitrogens with one attached hydrogen (secondary N) is 1. The minimum atomic E-state index is -0.688. The number of amides is 3. The third-order valence-electron chi connectivity index (χ3n) is 10.8. The van der Waals surface area contributed by atoms with Gasteiger partial charge < -0.3 is 15.1 Å². The molecule has 2 saturated heterocycles. The summed E-state index contributed by atoms with van der Waals surface area (Å²) in [6, 6.07) is 13.6. The van der Waals surface area contributed by atoms with E-state index in [1.54, 1.807) is 21.9 Å². The van der Waals surface area contributed by atoms with Crippen LogP contribution >= 0.6 is 0 Å². The van der Waals surface area contributed by atoms with Gasteiger partial charge in [0.15, 0.2) is 0 Å². The molecular formula is C36H41F2N5O3. The Hall–Kier alpha value is -4.08. The number of aromatic nitrogens is 2. The second kappa shape index (κ2) is 12.6. The summed E-state index contributed by atoms with van der Waals surface area (Å²) in [6.07, 6.45) is 9.14. The van der Waals surface area contributed by atoms with Gasteiger partial charge in [-0.15, -0.1) is 0 Å². The molecule has 7 rings (SSSR count). The molecule has 2 aliphatic carbocycles. The van der Waals surface area contributed by atoms with Crippen molar-refractivity contribution in [3.63, 3.8) is 0 Å². The quantitative estimate of drug-likeness (QED) is 0.367. The van der Waals surface area contributed by atoms with Gasteiger partial charge in [-0.3, -0.25) is 14.2 Å². The predicted molar refractivity (Wildman–Crippen MR) is 170 cm³/mol. The third-order valence-corrected chi connectivity index (χ3v) is 10.8. The summed E-state index contributed by atoms with van der Waals surface area (Å²) in [5.74, 6) is -0.846. The Balaban J connectivity index is 1.09. The van der Waals surface area contributed by atoms with Crippen LogP contribution in [0, 0.1) is 28.9 Å². The highest BCUT2D eigenvalue weighted by Gasteiger charge is 2.48. The summed E-state index contributed by atoms with van der Waals surface area (Å²) in [6.45, 7) is 1.98. The van der Waals surface area contributed by atoms with Crippen LogP contribution in [0.1, 0.15) is 69.4 Å². The topological polar surface area (TPSA) is 87.5 Å². The average molecular weight is 630 g/mol. The van der Waals surface area contributed by atoms with Crippen molar-refractivity contribution in [1.82, 2.24) is 24.7 Å². The van der Waals surface area contributed by atoms with Crippen LogP contribution in [-0.2, 0) is 11.3 Å². The number of rotatable bonds is 6. The Morgan fingerprint density at radius 2 is 1.74 bits per heavy atom. The summed E-state index contributed by atoms with van der Waals surface area (Å²) in [7, 11) is 0. The maximum absolute atomic E-state index is 15.2. The van der Waals surface area contributed by atoms with Crippen molar-refractivity contribution in [3.05, 3.63) is 88.5 Å². The van der Waals surface area contributed by atoms with Crippen molar-refractivity contribution >= 4 is 11.9 Å². The number of likely N-dealkylation sites (tertiary alicyclic amines) is 2. The van der Waals surface area contributed by atoms with Crippen LogP contribution in [0.15, 0.2) is 65.7 Å². The molecule has 3 aromatic rings. The number of hydrogen-bond acceptors (Lipinski definition) is 4. The fraction of sp³-hybridized carbons (Fsp3) is 0.500. The van der Waals surface area contributed by atoms with Gasteiger partial charge in [0, 0.05) is 55.3 Å². The van der Waals surface area contributed by atoms with E-state index in [9.17, 15) is 18.8 Å². The van der Waals surface area contributed by atoms with E-state index in [4.69, 9.17) is 0 Å². The Labute approximate surface area is 267 Å². The van der Waals surface area contributed by atoms with E-state index in [2.05, 4.69) is 10.3 Å². The lowest BCUT2D eigenvalue weighted by Crippen LogP contribution is -2.57. The second-order valence-corrected chi connectivity index (χ2v) is 13.8. The van der Waals surface area contributed by atoms with E-state index in [0.717, 1.165) is 62.6 Å². The standard InChI is InChI=1S/C36H41F2N5O3/c37-27-10-11-30(38)29(18-27)32-19-28(40-34(45)25-8-9-25)13-17-43(32)35(46)41-16-12-26(36(22-41)14-4-5-15-36)21-42-23-39-31(20-33(42)44)24-6-2-1-3-7-24/h1-3,6-7,10-11,18,20,23,25-26,28,32H,4-5,8-9,12-17,19,21-22H2,(H,40,45)/t26-,28+,32-/m0/s1. The third kappa shape index (κ3) is 6.18. The highest BCUT2D eigenvalue weighted by atomic mass is 19.1. The molecule has 8 nitrogen and oxygen atoms in total. The Bertz CT molecular complexity index is 1650. The van der Waals surface area contributed by atoms with Crippen LogP contribution in [0.2, 0.25) is 0 Å². The zero-order chi connectivity index (χ0) is 31.8. The second-order valence-electron chi connectivity index (χ2n) is 13.8. The zero-order valence-electron chi connectivity index (χ0n) is 26.0. The Morgan fingerprint density at radius 1 is 0.957 bits per heavy atom.